The van der Waals surface area contributed by atoms with Crippen LogP contribution in [0.5, 0.6) is 0 Å². The summed E-state index contributed by atoms with van der Waals surface area (Å²) in [5.74, 6) is -0.00428. The minimum atomic E-state index is -0.953. The molecule has 3 aromatic carbocycles. The quantitative estimate of drug-likeness (QED) is 0.233. The normalized spacial score (nSPS) is 13.2. The zero-order valence-electron chi connectivity index (χ0n) is 27.0. The summed E-state index contributed by atoms with van der Waals surface area (Å²) in [7, 11) is 0. The van der Waals surface area contributed by atoms with E-state index in [-0.39, 0.29) is 11.8 Å². The van der Waals surface area contributed by atoms with E-state index in [1.807, 2.05) is 102 Å². The number of anilines is 1. The van der Waals surface area contributed by atoms with E-state index >= 15 is 0 Å². The van der Waals surface area contributed by atoms with Crippen LogP contribution in [0.3, 0.4) is 0 Å². The van der Waals surface area contributed by atoms with Crippen molar-refractivity contribution in [2.45, 2.75) is 91.5 Å². The number of amides is 3. The van der Waals surface area contributed by atoms with Crippen LogP contribution < -0.4 is 10.6 Å². The molecule has 3 amide bonds. The van der Waals surface area contributed by atoms with E-state index in [1.54, 1.807) is 37.4 Å². The van der Waals surface area contributed by atoms with Gasteiger partial charge in [0.15, 0.2) is 0 Å². The molecule has 3 aromatic rings. The molecule has 0 radical (unpaired) electrons. The Morgan fingerprint density at radius 2 is 1.60 bits per heavy atom. The van der Waals surface area contributed by atoms with E-state index in [9.17, 15) is 14.4 Å². The summed E-state index contributed by atoms with van der Waals surface area (Å²) in [5, 5.41) is 8.02. The van der Waals surface area contributed by atoms with Crippen LogP contribution in [0.15, 0.2) is 60.7 Å². The minimum absolute atomic E-state index is 0.320. The molecule has 2 atom stereocenters. The highest BCUT2D eigenvalue weighted by atomic mass is 32.2. The molecule has 3 rings (SSSR count). The van der Waals surface area contributed by atoms with Crippen molar-refractivity contribution in [2.75, 3.05) is 17.3 Å². The van der Waals surface area contributed by atoms with Gasteiger partial charge < -0.3 is 20.3 Å². The van der Waals surface area contributed by atoms with Gasteiger partial charge in [-0.1, -0.05) is 61.0 Å². The molecule has 0 bridgehead atoms. The molecule has 43 heavy (non-hydrogen) atoms. The van der Waals surface area contributed by atoms with Crippen LogP contribution in [0.4, 0.5) is 10.5 Å². The molecule has 0 saturated carbocycles. The van der Waals surface area contributed by atoms with E-state index in [1.165, 1.54) is 0 Å². The summed E-state index contributed by atoms with van der Waals surface area (Å²) >= 11 is 1.59. The fourth-order valence-corrected chi connectivity index (χ4v) is 5.46. The molecule has 2 N–H and O–H groups in total. The fraction of sp³-hybridized carbons (Fsp3) is 0.457. The van der Waals surface area contributed by atoms with Crippen molar-refractivity contribution in [3.63, 3.8) is 0 Å². The van der Waals surface area contributed by atoms with E-state index in [4.69, 9.17) is 4.74 Å². The van der Waals surface area contributed by atoms with Gasteiger partial charge >= 0.3 is 6.09 Å². The number of rotatable bonds is 11. The first-order valence-corrected chi connectivity index (χ1v) is 16.2. The minimum Gasteiger partial charge on any atom is -0.444 e. The van der Waals surface area contributed by atoms with Gasteiger partial charge in [-0.3, -0.25) is 9.59 Å². The number of aryl methyl sites for hydroxylation is 2. The van der Waals surface area contributed by atoms with Gasteiger partial charge in [0.05, 0.1) is 0 Å². The molecule has 8 heteroatoms. The molecule has 0 aliphatic heterocycles. The summed E-state index contributed by atoms with van der Waals surface area (Å²) < 4.78 is 5.52. The first-order chi connectivity index (χ1) is 20.2. The molecule has 0 saturated heterocycles. The van der Waals surface area contributed by atoms with Gasteiger partial charge in [0.2, 0.25) is 5.91 Å². The number of alkyl carbamates (subject to hydrolysis) is 1. The predicted octanol–water partition coefficient (Wildman–Crippen LogP) is 7.80. The number of fused-ring (bicyclic) bond motifs is 1. The van der Waals surface area contributed by atoms with Crippen LogP contribution >= 0.6 is 11.8 Å². The van der Waals surface area contributed by atoms with Crippen LogP contribution in [0.25, 0.3) is 10.8 Å². The third-order valence-electron chi connectivity index (χ3n) is 7.61. The number of nitrogens with zero attached hydrogens (tertiary/aromatic N) is 1. The lowest BCUT2D eigenvalue weighted by Crippen LogP contribution is -2.59. The number of hydrogen-bond acceptors (Lipinski definition) is 5. The number of ether oxygens (including phenoxy) is 1. The highest BCUT2D eigenvalue weighted by Crippen LogP contribution is 2.35. The third-order valence-corrected chi connectivity index (χ3v) is 8.25. The van der Waals surface area contributed by atoms with E-state index < -0.39 is 29.3 Å². The SMILES string of the molecule is CCC(C)(C)N(C(=O)C(CCSC)NC(=O)OC(C)(C)C)C(C(=O)Nc1ccc2ccccc2c1)c1cc(C)ccc1C. The van der Waals surface area contributed by atoms with Crippen molar-refractivity contribution in [1.82, 2.24) is 10.2 Å². The van der Waals surface area contributed by atoms with Gasteiger partial charge in [0.1, 0.15) is 17.7 Å². The maximum atomic E-state index is 14.7. The standard InChI is InChI=1S/C35H47N3O4S/c1-10-35(7,8)38(32(40)29(19-20-43-9)37-33(41)42-34(4,5)6)30(28-21-23(2)15-16-24(28)3)31(39)36-27-18-17-25-13-11-12-14-26(25)22-27/h11-18,21-22,29-30H,10,19-20H2,1-9H3,(H,36,39)(H,37,41). The lowest BCUT2D eigenvalue weighted by atomic mass is 9.89. The summed E-state index contributed by atoms with van der Waals surface area (Å²) in [5.41, 5.74) is 1.82. The Labute approximate surface area is 261 Å². The molecule has 0 aromatic heterocycles. The number of carbonyl (C=O) groups excluding carboxylic acids is 3. The molecular weight excluding hydrogens is 558 g/mol. The monoisotopic (exact) mass is 605 g/mol. The molecule has 0 aliphatic carbocycles. The summed E-state index contributed by atoms with van der Waals surface area (Å²) in [6, 6.07) is 17.9. The molecule has 0 fully saturated rings. The Morgan fingerprint density at radius 3 is 2.23 bits per heavy atom. The van der Waals surface area contributed by atoms with Crippen LogP contribution in [-0.2, 0) is 14.3 Å². The first kappa shape index (κ1) is 34.0. The topological polar surface area (TPSA) is 87.7 Å². The maximum absolute atomic E-state index is 14.7. The molecule has 7 nitrogen and oxygen atoms in total. The zero-order valence-corrected chi connectivity index (χ0v) is 27.9. The Kier molecular flexibility index (Phi) is 11.3. The van der Waals surface area contributed by atoms with Gasteiger partial charge in [-0.2, -0.15) is 11.8 Å². The fourth-order valence-electron chi connectivity index (χ4n) is 4.99. The van der Waals surface area contributed by atoms with Crippen molar-refractivity contribution in [3.8, 4) is 0 Å². The van der Waals surface area contributed by atoms with Crippen LogP contribution in [0.2, 0.25) is 0 Å². The van der Waals surface area contributed by atoms with Crippen molar-refractivity contribution < 1.29 is 19.1 Å². The number of hydrogen-bond donors (Lipinski definition) is 2. The average molecular weight is 606 g/mol. The second-order valence-electron chi connectivity index (χ2n) is 12.7. The van der Waals surface area contributed by atoms with E-state index in [0.29, 0.717) is 24.3 Å². The molecular formula is C35H47N3O4S. The number of thioether (sulfide) groups is 1. The lowest BCUT2D eigenvalue weighted by molar-refractivity contribution is -0.147. The van der Waals surface area contributed by atoms with Gasteiger partial charge in [0, 0.05) is 11.2 Å². The Bertz CT molecular complexity index is 1450. The highest BCUT2D eigenvalue weighted by molar-refractivity contribution is 7.98. The summed E-state index contributed by atoms with van der Waals surface area (Å²) in [6.07, 6.45) is 2.27. The molecule has 0 heterocycles. The van der Waals surface area contributed by atoms with Gasteiger partial charge in [-0.25, -0.2) is 4.79 Å². The number of benzene rings is 3. The smallest absolute Gasteiger partial charge is 0.408 e. The predicted molar refractivity (Wildman–Crippen MR) is 179 cm³/mol. The van der Waals surface area contributed by atoms with Crippen LogP contribution in [0.1, 0.15) is 77.1 Å². The largest absolute Gasteiger partial charge is 0.444 e. The molecule has 232 valence electrons. The second kappa shape index (κ2) is 14.3. The molecule has 0 spiro atoms. The number of carbonyl (C=O) groups is 3. The lowest BCUT2D eigenvalue weighted by Gasteiger charge is -2.45. The zero-order chi connectivity index (χ0) is 31.9. The second-order valence-corrected chi connectivity index (χ2v) is 13.7. The third kappa shape index (κ3) is 8.99. The Morgan fingerprint density at radius 1 is 0.930 bits per heavy atom. The van der Waals surface area contributed by atoms with Gasteiger partial charge in [-0.05, 0) is 107 Å². The maximum Gasteiger partial charge on any atom is 0.408 e. The molecule has 2 unspecified atom stereocenters. The van der Waals surface area contributed by atoms with Gasteiger partial charge in [-0.15, -0.1) is 0 Å². The Hall–Kier alpha value is -3.52. The van der Waals surface area contributed by atoms with Crippen molar-refractivity contribution in [3.05, 3.63) is 77.4 Å². The van der Waals surface area contributed by atoms with Crippen molar-refractivity contribution in [1.29, 1.82) is 0 Å². The van der Waals surface area contributed by atoms with Gasteiger partial charge in [0.25, 0.3) is 5.91 Å². The van der Waals surface area contributed by atoms with E-state index in [0.717, 1.165) is 27.5 Å². The van der Waals surface area contributed by atoms with Crippen LogP contribution in [-0.4, -0.2) is 52.0 Å². The van der Waals surface area contributed by atoms with Crippen molar-refractivity contribution >= 4 is 46.1 Å². The first-order valence-electron chi connectivity index (χ1n) is 14.8. The number of nitrogens with one attached hydrogen (secondary N) is 2. The van der Waals surface area contributed by atoms with Crippen molar-refractivity contribution in [2.24, 2.45) is 0 Å². The average Bonchev–Trinajstić information content (AvgIpc) is 2.93. The molecule has 0 aliphatic rings. The van der Waals surface area contributed by atoms with Crippen LogP contribution in [0, 0.1) is 13.8 Å². The van der Waals surface area contributed by atoms with E-state index in [2.05, 4.69) is 10.6 Å². The Balaban J connectivity index is 2.14. The highest BCUT2D eigenvalue weighted by Gasteiger charge is 2.43. The summed E-state index contributed by atoms with van der Waals surface area (Å²) in [4.78, 5) is 43.7. The summed E-state index contributed by atoms with van der Waals surface area (Å²) in [6.45, 7) is 15.2.